The summed E-state index contributed by atoms with van der Waals surface area (Å²) in [6.07, 6.45) is 0. The van der Waals surface area contributed by atoms with Gasteiger partial charge >= 0.3 is 5.97 Å². The van der Waals surface area contributed by atoms with E-state index in [1.165, 1.54) is 13.0 Å². The highest BCUT2D eigenvalue weighted by Gasteiger charge is 2.29. The van der Waals surface area contributed by atoms with Gasteiger partial charge in [-0.15, -0.1) is 0 Å². The van der Waals surface area contributed by atoms with Crippen molar-refractivity contribution in [1.82, 2.24) is 4.98 Å². The number of fused-ring (bicyclic) bond motifs is 1. The Bertz CT molecular complexity index is 1240. The number of primary amides is 1. The van der Waals surface area contributed by atoms with E-state index in [2.05, 4.69) is 10.3 Å². The standard InChI is InChI=1S/C21H19Cl2N3O6/c1-4-30-21(29)15-10(3)32-20(16(15)19(24)28)26-14(27)8-31-18-13(23)7-12(22)11-6-5-9(2)25-17(11)18/h5-7H,4,8H2,1-3H3,(H2,24,28)(H,26,27). The molecule has 0 unspecified atom stereocenters. The Morgan fingerprint density at radius 1 is 1.16 bits per heavy atom. The number of rotatable bonds is 7. The second kappa shape index (κ2) is 9.46. The fourth-order valence-electron chi connectivity index (χ4n) is 3.04. The summed E-state index contributed by atoms with van der Waals surface area (Å²) in [5.41, 5.74) is 6.04. The molecule has 3 rings (SSSR count). The van der Waals surface area contributed by atoms with Gasteiger partial charge in [0.25, 0.3) is 11.8 Å². The lowest BCUT2D eigenvalue weighted by Crippen LogP contribution is -2.23. The lowest BCUT2D eigenvalue weighted by atomic mass is 10.1. The van der Waals surface area contributed by atoms with Crippen LogP contribution in [-0.4, -0.2) is 36.0 Å². The number of pyridine rings is 1. The first-order valence-corrected chi connectivity index (χ1v) is 10.2. The highest BCUT2D eigenvalue weighted by atomic mass is 35.5. The van der Waals surface area contributed by atoms with E-state index in [0.29, 0.717) is 21.6 Å². The Hall–Kier alpha value is -3.30. The maximum atomic E-state index is 12.5. The zero-order valence-electron chi connectivity index (χ0n) is 17.4. The van der Waals surface area contributed by atoms with E-state index < -0.39 is 24.4 Å². The zero-order valence-corrected chi connectivity index (χ0v) is 18.9. The summed E-state index contributed by atoms with van der Waals surface area (Å²) >= 11 is 12.5. The van der Waals surface area contributed by atoms with Crippen LogP contribution in [0.3, 0.4) is 0 Å². The fourth-order valence-corrected chi connectivity index (χ4v) is 3.62. The first-order chi connectivity index (χ1) is 15.1. The molecule has 0 saturated heterocycles. The van der Waals surface area contributed by atoms with Gasteiger partial charge in [0.1, 0.15) is 22.4 Å². The van der Waals surface area contributed by atoms with Gasteiger partial charge in [0.2, 0.25) is 5.88 Å². The predicted octanol–water partition coefficient (Wildman–Crippen LogP) is 4.04. The van der Waals surface area contributed by atoms with Crippen LogP contribution in [0.2, 0.25) is 10.0 Å². The maximum Gasteiger partial charge on any atom is 0.342 e. The summed E-state index contributed by atoms with van der Waals surface area (Å²) in [6.45, 7) is 4.42. The summed E-state index contributed by atoms with van der Waals surface area (Å²) in [4.78, 5) is 41.0. The van der Waals surface area contributed by atoms with Gasteiger partial charge in [-0.3, -0.25) is 14.9 Å². The minimum absolute atomic E-state index is 0.0693. The predicted molar refractivity (Wildman–Crippen MR) is 119 cm³/mol. The average molecular weight is 480 g/mol. The highest BCUT2D eigenvalue weighted by molar-refractivity contribution is 6.39. The van der Waals surface area contributed by atoms with E-state index in [1.54, 1.807) is 26.0 Å². The number of carbonyl (C=O) groups excluding carboxylic acids is 3. The Labute approximate surface area is 192 Å². The van der Waals surface area contributed by atoms with Gasteiger partial charge in [0.15, 0.2) is 12.4 Å². The minimum atomic E-state index is -0.965. The van der Waals surface area contributed by atoms with Crippen molar-refractivity contribution in [3.63, 3.8) is 0 Å². The Morgan fingerprint density at radius 2 is 1.88 bits per heavy atom. The summed E-state index contributed by atoms with van der Waals surface area (Å²) in [7, 11) is 0. The maximum absolute atomic E-state index is 12.5. The van der Waals surface area contributed by atoms with Gasteiger partial charge in [-0.05, 0) is 39.0 Å². The van der Waals surface area contributed by atoms with Gasteiger partial charge in [0.05, 0.1) is 16.7 Å². The number of aromatic nitrogens is 1. The van der Waals surface area contributed by atoms with Gasteiger partial charge in [-0.2, -0.15) is 0 Å². The quantitative estimate of drug-likeness (QED) is 0.488. The number of hydrogen-bond donors (Lipinski definition) is 2. The smallest absolute Gasteiger partial charge is 0.342 e. The van der Waals surface area contributed by atoms with Crippen LogP contribution in [0, 0.1) is 13.8 Å². The summed E-state index contributed by atoms with van der Waals surface area (Å²) < 4.78 is 15.9. The van der Waals surface area contributed by atoms with Crippen LogP contribution in [0.25, 0.3) is 10.9 Å². The monoisotopic (exact) mass is 479 g/mol. The number of hydrogen-bond acceptors (Lipinski definition) is 7. The number of anilines is 1. The Kier molecular flexibility index (Phi) is 6.90. The third-order valence-corrected chi connectivity index (χ3v) is 4.98. The Morgan fingerprint density at radius 3 is 2.53 bits per heavy atom. The van der Waals surface area contributed by atoms with E-state index in [4.69, 9.17) is 42.8 Å². The van der Waals surface area contributed by atoms with Gasteiger partial charge in [-0.25, -0.2) is 9.78 Å². The molecule has 32 heavy (non-hydrogen) atoms. The number of halogens is 2. The number of esters is 1. The molecule has 2 heterocycles. The minimum Gasteiger partial charge on any atom is -0.480 e. The Balaban J connectivity index is 1.85. The first kappa shape index (κ1) is 23.4. The van der Waals surface area contributed by atoms with Crippen molar-refractivity contribution in [1.29, 1.82) is 0 Å². The summed E-state index contributed by atoms with van der Waals surface area (Å²) in [6, 6.07) is 5.04. The number of nitrogens with one attached hydrogen (secondary N) is 1. The molecule has 0 aliphatic carbocycles. The zero-order chi connectivity index (χ0) is 23.6. The van der Waals surface area contributed by atoms with Crippen molar-refractivity contribution >= 4 is 57.8 Å². The molecule has 0 fully saturated rings. The van der Waals surface area contributed by atoms with Crippen LogP contribution < -0.4 is 15.8 Å². The topological polar surface area (TPSA) is 134 Å². The molecule has 1 aromatic carbocycles. The van der Waals surface area contributed by atoms with Gasteiger partial charge in [-0.1, -0.05) is 23.2 Å². The second-order valence-electron chi connectivity index (χ2n) is 6.68. The lowest BCUT2D eigenvalue weighted by molar-refractivity contribution is -0.118. The summed E-state index contributed by atoms with van der Waals surface area (Å²) in [5.74, 6) is -2.49. The third-order valence-electron chi connectivity index (χ3n) is 4.39. The SMILES string of the molecule is CCOC(=O)c1c(C)oc(NC(=O)COc2c(Cl)cc(Cl)c3ccc(C)nc23)c1C(N)=O. The molecular weight excluding hydrogens is 461 g/mol. The van der Waals surface area contributed by atoms with Crippen LogP contribution in [0.4, 0.5) is 5.88 Å². The molecule has 0 atom stereocenters. The van der Waals surface area contributed by atoms with Crippen LogP contribution in [0.5, 0.6) is 5.75 Å². The molecule has 2 aromatic heterocycles. The highest BCUT2D eigenvalue weighted by Crippen LogP contribution is 2.37. The van der Waals surface area contributed by atoms with Crippen molar-refractivity contribution < 1.29 is 28.3 Å². The molecule has 0 radical (unpaired) electrons. The molecule has 0 bridgehead atoms. The largest absolute Gasteiger partial charge is 0.480 e. The number of aryl methyl sites for hydroxylation is 2. The normalized spacial score (nSPS) is 10.8. The number of furan rings is 1. The second-order valence-corrected chi connectivity index (χ2v) is 7.49. The van der Waals surface area contributed by atoms with E-state index in [-0.39, 0.29) is 40.2 Å². The van der Waals surface area contributed by atoms with Crippen molar-refractivity contribution in [2.45, 2.75) is 20.8 Å². The van der Waals surface area contributed by atoms with E-state index in [0.717, 1.165) is 0 Å². The van der Waals surface area contributed by atoms with Crippen molar-refractivity contribution in [3.05, 3.63) is 50.8 Å². The molecule has 0 aliphatic heterocycles. The van der Waals surface area contributed by atoms with Gasteiger partial charge in [0, 0.05) is 11.1 Å². The van der Waals surface area contributed by atoms with E-state index in [1.807, 2.05) is 0 Å². The van der Waals surface area contributed by atoms with Crippen molar-refractivity contribution in [2.24, 2.45) is 5.73 Å². The number of nitrogens with zero attached hydrogens (tertiary/aromatic N) is 1. The first-order valence-electron chi connectivity index (χ1n) is 9.42. The number of amides is 2. The molecule has 3 N–H and O–H groups in total. The molecule has 0 spiro atoms. The summed E-state index contributed by atoms with van der Waals surface area (Å²) in [5, 5.41) is 3.55. The number of carbonyl (C=O) groups is 3. The molecule has 2 amide bonds. The number of nitrogens with two attached hydrogens (primary N) is 1. The average Bonchev–Trinajstić information content (AvgIpc) is 3.03. The van der Waals surface area contributed by atoms with Crippen molar-refractivity contribution in [2.75, 3.05) is 18.5 Å². The van der Waals surface area contributed by atoms with Crippen LogP contribution >= 0.6 is 23.2 Å². The molecule has 9 nitrogen and oxygen atoms in total. The number of benzene rings is 1. The molecule has 168 valence electrons. The van der Waals surface area contributed by atoms with Crippen LogP contribution in [0.1, 0.15) is 39.1 Å². The number of ether oxygens (including phenoxy) is 2. The fraction of sp³-hybridized carbons (Fsp3) is 0.238. The van der Waals surface area contributed by atoms with E-state index in [9.17, 15) is 14.4 Å². The van der Waals surface area contributed by atoms with E-state index >= 15 is 0 Å². The van der Waals surface area contributed by atoms with Gasteiger partial charge < -0.3 is 19.6 Å². The van der Waals surface area contributed by atoms with Crippen LogP contribution in [0.15, 0.2) is 22.6 Å². The molecule has 3 aromatic rings. The lowest BCUT2D eigenvalue weighted by Gasteiger charge is -2.12. The van der Waals surface area contributed by atoms with Crippen molar-refractivity contribution in [3.8, 4) is 5.75 Å². The molecular formula is C21H19Cl2N3O6. The van der Waals surface area contributed by atoms with Crippen LogP contribution in [-0.2, 0) is 9.53 Å². The molecule has 11 heteroatoms. The molecule has 0 aliphatic rings. The molecule has 0 saturated carbocycles. The third kappa shape index (κ3) is 4.63.